The molecule has 2 N–H and O–H groups in total. The third-order valence-electron chi connectivity index (χ3n) is 3.63. The molecule has 1 rings (SSSR count). The maximum atomic E-state index is 12.6. The maximum Gasteiger partial charge on any atom is 0.282 e. The number of piperidine rings is 1. The van der Waals surface area contributed by atoms with Crippen LogP contribution in [0, 0.1) is 5.92 Å². The highest BCUT2D eigenvalue weighted by molar-refractivity contribution is 7.86. The first-order chi connectivity index (χ1) is 9.91. The zero-order valence-electron chi connectivity index (χ0n) is 13.2. The lowest BCUT2D eigenvalue weighted by Gasteiger charge is -2.35. The second-order valence-corrected chi connectivity index (χ2v) is 7.74. The summed E-state index contributed by atoms with van der Waals surface area (Å²) in [5.74, 6) is 0.343. The summed E-state index contributed by atoms with van der Waals surface area (Å²) in [5.41, 5.74) is 0. The van der Waals surface area contributed by atoms with Gasteiger partial charge in [0, 0.05) is 32.2 Å². The molecule has 0 saturated carbocycles. The fraction of sp³-hybridized carbons (Fsp3) is 0.857. The van der Waals surface area contributed by atoms with Gasteiger partial charge in [0.05, 0.1) is 6.61 Å². The summed E-state index contributed by atoms with van der Waals surface area (Å²) in [6.07, 6.45) is 3.48. The van der Waals surface area contributed by atoms with Crippen LogP contribution in [0.2, 0.25) is 0 Å². The SMILES string of the molecule is C=CCN(CCO)S(=O)(=O)N1CCCC(CNC(C)C)C1. The van der Waals surface area contributed by atoms with Crippen molar-refractivity contribution in [3.63, 3.8) is 0 Å². The first-order valence-corrected chi connectivity index (χ1v) is 9.01. The predicted molar refractivity (Wildman–Crippen MR) is 85.2 cm³/mol. The minimum atomic E-state index is -3.51. The van der Waals surface area contributed by atoms with Crippen molar-refractivity contribution in [2.45, 2.75) is 32.7 Å². The van der Waals surface area contributed by atoms with Crippen LogP contribution >= 0.6 is 0 Å². The summed E-state index contributed by atoms with van der Waals surface area (Å²) in [7, 11) is -3.51. The minimum Gasteiger partial charge on any atom is -0.395 e. The van der Waals surface area contributed by atoms with Gasteiger partial charge in [-0.15, -0.1) is 6.58 Å². The fourth-order valence-corrected chi connectivity index (χ4v) is 4.22. The molecule has 1 atom stereocenters. The van der Waals surface area contributed by atoms with Crippen molar-refractivity contribution >= 4 is 10.2 Å². The molecule has 21 heavy (non-hydrogen) atoms. The summed E-state index contributed by atoms with van der Waals surface area (Å²) >= 11 is 0. The molecule has 1 unspecified atom stereocenters. The van der Waals surface area contributed by atoms with E-state index in [4.69, 9.17) is 5.11 Å². The molecule has 1 saturated heterocycles. The zero-order valence-corrected chi connectivity index (χ0v) is 14.0. The monoisotopic (exact) mass is 319 g/mol. The Kier molecular flexibility index (Phi) is 7.83. The van der Waals surface area contributed by atoms with E-state index in [1.165, 1.54) is 4.31 Å². The summed E-state index contributed by atoms with van der Waals surface area (Å²) in [6, 6.07) is 0.406. The average Bonchev–Trinajstić information content (AvgIpc) is 2.45. The van der Waals surface area contributed by atoms with E-state index >= 15 is 0 Å². The highest BCUT2D eigenvalue weighted by Gasteiger charge is 2.32. The summed E-state index contributed by atoms with van der Waals surface area (Å²) in [5, 5.41) is 12.4. The van der Waals surface area contributed by atoms with E-state index < -0.39 is 10.2 Å². The molecule has 6 nitrogen and oxygen atoms in total. The highest BCUT2D eigenvalue weighted by atomic mass is 32.2. The summed E-state index contributed by atoms with van der Waals surface area (Å²) in [6.45, 7) is 9.86. The van der Waals surface area contributed by atoms with Gasteiger partial charge >= 0.3 is 0 Å². The van der Waals surface area contributed by atoms with E-state index in [1.807, 2.05) is 0 Å². The first-order valence-electron chi connectivity index (χ1n) is 7.62. The van der Waals surface area contributed by atoms with E-state index in [1.54, 1.807) is 10.4 Å². The number of aliphatic hydroxyl groups excluding tert-OH is 1. The molecule has 0 aromatic rings. The predicted octanol–water partition coefficient (Wildman–Crippen LogP) is 0.422. The van der Waals surface area contributed by atoms with Gasteiger partial charge in [-0.05, 0) is 25.3 Å². The van der Waals surface area contributed by atoms with Crippen molar-refractivity contribution in [3.8, 4) is 0 Å². The molecule has 1 heterocycles. The smallest absolute Gasteiger partial charge is 0.282 e. The topological polar surface area (TPSA) is 72.9 Å². The Balaban J connectivity index is 2.70. The fourth-order valence-electron chi connectivity index (χ4n) is 2.53. The van der Waals surface area contributed by atoms with Gasteiger partial charge in [0.2, 0.25) is 0 Å². The van der Waals surface area contributed by atoms with Gasteiger partial charge < -0.3 is 10.4 Å². The normalized spacial score (nSPS) is 21.1. The van der Waals surface area contributed by atoms with Crippen molar-refractivity contribution < 1.29 is 13.5 Å². The van der Waals surface area contributed by atoms with E-state index in [-0.39, 0.29) is 19.7 Å². The maximum absolute atomic E-state index is 12.6. The lowest BCUT2D eigenvalue weighted by atomic mass is 9.99. The number of hydrogen-bond acceptors (Lipinski definition) is 4. The second kappa shape index (κ2) is 8.85. The van der Waals surface area contributed by atoms with E-state index in [9.17, 15) is 8.42 Å². The number of nitrogens with one attached hydrogen (secondary N) is 1. The number of rotatable bonds is 9. The Hall–Kier alpha value is -0.470. The van der Waals surface area contributed by atoms with Crippen LogP contribution in [0.1, 0.15) is 26.7 Å². The van der Waals surface area contributed by atoms with Gasteiger partial charge in [-0.1, -0.05) is 19.9 Å². The molecule has 7 heteroatoms. The first kappa shape index (κ1) is 18.6. The largest absolute Gasteiger partial charge is 0.395 e. The van der Waals surface area contributed by atoms with Crippen molar-refractivity contribution in [1.82, 2.24) is 13.9 Å². The molecule has 0 radical (unpaired) electrons. The van der Waals surface area contributed by atoms with E-state index in [2.05, 4.69) is 25.7 Å². The quantitative estimate of drug-likeness (QED) is 0.604. The van der Waals surface area contributed by atoms with Gasteiger partial charge in [-0.2, -0.15) is 17.0 Å². The number of aliphatic hydroxyl groups is 1. The lowest BCUT2D eigenvalue weighted by Crippen LogP contribution is -2.50. The average molecular weight is 319 g/mol. The molecule has 0 aliphatic carbocycles. The molecule has 0 aromatic carbocycles. The molecule has 0 amide bonds. The summed E-state index contributed by atoms with van der Waals surface area (Å²) in [4.78, 5) is 0. The molecule has 124 valence electrons. The van der Waals surface area contributed by atoms with Gasteiger partial charge in [-0.3, -0.25) is 0 Å². The Bertz CT molecular complexity index is 412. The number of hydrogen-bond donors (Lipinski definition) is 2. The highest BCUT2D eigenvalue weighted by Crippen LogP contribution is 2.20. The van der Waals surface area contributed by atoms with Crippen LogP contribution in [0.4, 0.5) is 0 Å². The molecular formula is C14H29N3O3S. The Morgan fingerprint density at radius 1 is 1.52 bits per heavy atom. The summed E-state index contributed by atoms with van der Waals surface area (Å²) < 4.78 is 28.1. The van der Waals surface area contributed by atoms with Gasteiger partial charge in [0.1, 0.15) is 0 Å². The van der Waals surface area contributed by atoms with Crippen LogP contribution in [-0.4, -0.2) is 67.5 Å². The third kappa shape index (κ3) is 5.67. The number of nitrogens with zero attached hydrogens (tertiary/aromatic N) is 2. The van der Waals surface area contributed by atoms with E-state index in [0.717, 1.165) is 19.4 Å². The minimum absolute atomic E-state index is 0.111. The molecule has 0 bridgehead atoms. The van der Waals surface area contributed by atoms with Crippen molar-refractivity contribution in [2.75, 3.05) is 39.3 Å². The second-order valence-electron chi connectivity index (χ2n) is 5.81. The molecule has 0 spiro atoms. The lowest BCUT2D eigenvalue weighted by molar-refractivity contribution is 0.224. The van der Waals surface area contributed by atoms with Crippen LogP contribution in [0.3, 0.4) is 0 Å². The Morgan fingerprint density at radius 2 is 2.24 bits per heavy atom. The van der Waals surface area contributed by atoms with Crippen molar-refractivity contribution in [2.24, 2.45) is 5.92 Å². The molecule has 0 aromatic heterocycles. The Labute approximate surface area is 129 Å². The Morgan fingerprint density at radius 3 is 2.81 bits per heavy atom. The third-order valence-corrected chi connectivity index (χ3v) is 5.60. The molecule has 1 fully saturated rings. The van der Waals surface area contributed by atoms with Crippen LogP contribution in [0.15, 0.2) is 12.7 Å². The van der Waals surface area contributed by atoms with Crippen LogP contribution in [0.5, 0.6) is 0 Å². The van der Waals surface area contributed by atoms with Crippen molar-refractivity contribution in [1.29, 1.82) is 0 Å². The van der Waals surface area contributed by atoms with Crippen molar-refractivity contribution in [3.05, 3.63) is 12.7 Å². The van der Waals surface area contributed by atoms with Crippen LogP contribution in [0.25, 0.3) is 0 Å². The van der Waals surface area contributed by atoms with Gasteiger partial charge in [0.25, 0.3) is 10.2 Å². The standard InChI is InChI=1S/C14H29N3O3S/c1-4-7-16(9-10-18)21(19,20)17-8-5-6-14(12-17)11-15-13(2)3/h4,13-15,18H,1,5-12H2,2-3H3. The zero-order chi connectivity index (χ0) is 15.9. The van der Waals surface area contributed by atoms with Crippen LogP contribution in [-0.2, 0) is 10.2 Å². The molecule has 1 aliphatic rings. The van der Waals surface area contributed by atoms with E-state index in [0.29, 0.717) is 25.0 Å². The van der Waals surface area contributed by atoms with Gasteiger partial charge in [-0.25, -0.2) is 0 Å². The van der Waals surface area contributed by atoms with Crippen LogP contribution < -0.4 is 5.32 Å². The van der Waals surface area contributed by atoms with Gasteiger partial charge in [0.15, 0.2) is 0 Å². The molecular weight excluding hydrogens is 290 g/mol. The molecule has 1 aliphatic heterocycles.